The van der Waals surface area contributed by atoms with Crippen molar-refractivity contribution in [2.75, 3.05) is 6.61 Å². The van der Waals surface area contributed by atoms with Crippen molar-refractivity contribution in [3.8, 4) is 16.9 Å². The molecule has 1 unspecified atom stereocenters. The first-order chi connectivity index (χ1) is 17.2. The average Bonchev–Trinajstić information content (AvgIpc) is 3.59. The molecule has 2 N–H and O–H groups in total. The van der Waals surface area contributed by atoms with Crippen LogP contribution >= 0.6 is 46.4 Å². The standard InChI is InChI=1S/C26H18Cl4FNO4/c27-16-2-1-3-17(28)23(16)25(33)32-20(26(34)35)7-11-4-5-14(22-18(29)8-13(31)9-19(22)30)24-21(11)15-6-12(15)10-36-24/h1-5,8-9,12,15,20H,6-7,10H2,(H,32,33)(H,34,35)/t12-,15?,20-/m0/s1. The normalized spacial score (nSPS) is 18.5. The van der Waals surface area contributed by atoms with Crippen LogP contribution in [0.5, 0.6) is 5.75 Å². The molecule has 1 heterocycles. The molecule has 2 aliphatic rings. The first-order valence-electron chi connectivity index (χ1n) is 11.1. The van der Waals surface area contributed by atoms with Crippen LogP contribution in [-0.4, -0.2) is 29.6 Å². The Balaban J connectivity index is 1.52. The number of ether oxygens (including phenoxy) is 1. The van der Waals surface area contributed by atoms with E-state index in [1.54, 1.807) is 18.2 Å². The number of aliphatic carboxylic acids is 1. The minimum Gasteiger partial charge on any atom is -0.492 e. The van der Waals surface area contributed by atoms with Gasteiger partial charge in [0, 0.05) is 29.0 Å². The molecule has 0 spiro atoms. The highest BCUT2D eigenvalue weighted by atomic mass is 35.5. The molecule has 1 saturated carbocycles. The van der Waals surface area contributed by atoms with E-state index in [1.165, 1.54) is 24.3 Å². The van der Waals surface area contributed by atoms with Gasteiger partial charge >= 0.3 is 5.97 Å². The third-order valence-corrected chi connectivity index (χ3v) is 7.74. The van der Waals surface area contributed by atoms with Gasteiger partial charge in [0.25, 0.3) is 5.91 Å². The van der Waals surface area contributed by atoms with Crippen LogP contribution in [-0.2, 0) is 11.2 Å². The molecule has 1 aliphatic heterocycles. The van der Waals surface area contributed by atoms with Crippen LogP contribution in [0.3, 0.4) is 0 Å². The number of hydrogen-bond donors (Lipinski definition) is 2. The molecule has 3 atom stereocenters. The molecule has 5 rings (SSSR count). The topological polar surface area (TPSA) is 75.6 Å². The number of carbonyl (C=O) groups excluding carboxylic acids is 1. The van der Waals surface area contributed by atoms with Crippen molar-refractivity contribution in [3.63, 3.8) is 0 Å². The van der Waals surface area contributed by atoms with E-state index in [0.717, 1.165) is 12.0 Å². The van der Waals surface area contributed by atoms with Crippen LogP contribution in [0.25, 0.3) is 11.1 Å². The first-order valence-corrected chi connectivity index (χ1v) is 12.6. The smallest absolute Gasteiger partial charge is 0.326 e. The van der Waals surface area contributed by atoms with Gasteiger partial charge in [-0.2, -0.15) is 0 Å². The molecule has 0 saturated heterocycles. The predicted molar refractivity (Wildman–Crippen MR) is 137 cm³/mol. The van der Waals surface area contributed by atoms with E-state index in [2.05, 4.69) is 5.32 Å². The van der Waals surface area contributed by atoms with Crippen molar-refractivity contribution >= 4 is 58.3 Å². The molecule has 186 valence electrons. The van der Waals surface area contributed by atoms with E-state index in [9.17, 15) is 19.1 Å². The Kier molecular flexibility index (Phi) is 6.81. The molecule has 1 aliphatic carbocycles. The van der Waals surface area contributed by atoms with Gasteiger partial charge in [0.15, 0.2) is 0 Å². The third-order valence-electron chi connectivity index (χ3n) is 6.52. The number of fused-ring (bicyclic) bond motifs is 3. The fraction of sp³-hybridized carbons (Fsp3) is 0.231. The zero-order valence-corrected chi connectivity index (χ0v) is 21.5. The van der Waals surface area contributed by atoms with E-state index in [1.807, 2.05) is 0 Å². The highest BCUT2D eigenvalue weighted by Gasteiger charge is 2.46. The second-order valence-electron chi connectivity index (χ2n) is 8.84. The number of amides is 1. The lowest BCUT2D eigenvalue weighted by Gasteiger charge is -2.25. The fourth-order valence-electron chi connectivity index (χ4n) is 4.72. The van der Waals surface area contributed by atoms with Crippen LogP contribution in [0.4, 0.5) is 4.39 Å². The quantitative estimate of drug-likeness (QED) is 0.335. The molecule has 0 aromatic heterocycles. The SMILES string of the molecule is O=C(N[C@@H](Cc1ccc(-c2c(Cl)cc(F)cc2Cl)c2c1C1C[C@H]1CO2)C(=O)O)c1c(Cl)cccc1Cl. The van der Waals surface area contributed by atoms with Gasteiger partial charge in [-0.3, -0.25) is 4.79 Å². The van der Waals surface area contributed by atoms with E-state index in [4.69, 9.17) is 51.1 Å². The fourth-order valence-corrected chi connectivity index (χ4v) is 5.95. The van der Waals surface area contributed by atoms with Gasteiger partial charge in [-0.25, -0.2) is 9.18 Å². The third kappa shape index (κ3) is 4.63. The van der Waals surface area contributed by atoms with Gasteiger partial charge in [0.1, 0.15) is 17.6 Å². The molecular formula is C26H18Cl4FNO4. The Bertz CT molecular complexity index is 1370. The zero-order chi connectivity index (χ0) is 25.7. The Labute approximate surface area is 226 Å². The van der Waals surface area contributed by atoms with Crippen LogP contribution in [0, 0.1) is 11.7 Å². The number of benzene rings is 3. The largest absolute Gasteiger partial charge is 0.492 e. The van der Waals surface area contributed by atoms with Crippen LogP contribution in [0.2, 0.25) is 20.1 Å². The summed E-state index contributed by atoms with van der Waals surface area (Å²) in [7, 11) is 0. The molecule has 1 fully saturated rings. The highest BCUT2D eigenvalue weighted by Crippen LogP contribution is 2.58. The maximum atomic E-state index is 13.8. The summed E-state index contributed by atoms with van der Waals surface area (Å²) in [6, 6.07) is 9.22. The van der Waals surface area contributed by atoms with Gasteiger partial charge in [-0.1, -0.05) is 64.6 Å². The van der Waals surface area contributed by atoms with Crippen molar-refractivity contribution in [1.29, 1.82) is 0 Å². The molecule has 1 amide bonds. The van der Waals surface area contributed by atoms with Crippen molar-refractivity contribution in [2.45, 2.75) is 24.8 Å². The first kappa shape index (κ1) is 25.2. The minimum atomic E-state index is -1.25. The maximum Gasteiger partial charge on any atom is 0.326 e. The van der Waals surface area contributed by atoms with Crippen molar-refractivity contribution in [1.82, 2.24) is 5.32 Å². The minimum absolute atomic E-state index is 0.00319. The summed E-state index contributed by atoms with van der Waals surface area (Å²) >= 11 is 24.9. The summed E-state index contributed by atoms with van der Waals surface area (Å²) < 4.78 is 19.9. The summed E-state index contributed by atoms with van der Waals surface area (Å²) in [4.78, 5) is 25.0. The maximum absolute atomic E-state index is 13.8. The zero-order valence-electron chi connectivity index (χ0n) is 18.5. The summed E-state index contributed by atoms with van der Waals surface area (Å²) in [6.07, 6.45) is 0.900. The van der Waals surface area contributed by atoms with Gasteiger partial charge < -0.3 is 15.2 Å². The molecule has 3 aromatic carbocycles. The summed E-state index contributed by atoms with van der Waals surface area (Å²) in [5.41, 5.74) is 2.63. The molecule has 0 radical (unpaired) electrons. The second kappa shape index (κ2) is 9.75. The van der Waals surface area contributed by atoms with E-state index >= 15 is 0 Å². The van der Waals surface area contributed by atoms with E-state index in [-0.39, 0.29) is 38.0 Å². The lowest BCUT2D eigenvalue weighted by molar-refractivity contribution is -0.139. The Hall–Kier alpha value is -2.51. The van der Waals surface area contributed by atoms with Crippen molar-refractivity contribution in [2.24, 2.45) is 5.92 Å². The Morgan fingerprint density at radius 1 is 1.06 bits per heavy atom. The lowest BCUT2D eigenvalue weighted by atomic mass is 9.89. The number of nitrogens with one attached hydrogen (secondary N) is 1. The van der Waals surface area contributed by atoms with Gasteiger partial charge in [-0.15, -0.1) is 0 Å². The number of carboxylic acids is 1. The molecule has 3 aromatic rings. The Morgan fingerprint density at radius 3 is 2.36 bits per heavy atom. The second-order valence-corrected chi connectivity index (χ2v) is 10.5. The highest BCUT2D eigenvalue weighted by molar-refractivity contribution is 6.40. The summed E-state index contributed by atoms with van der Waals surface area (Å²) in [5.74, 6) is -1.39. The average molecular weight is 569 g/mol. The van der Waals surface area contributed by atoms with Gasteiger partial charge in [0.05, 0.1) is 32.3 Å². The van der Waals surface area contributed by atoms with Crippen molar-refractivity contribution in [3.05, 3.63) is 85.1 Å². The number of rotatable bonds is 6. The lowest BCUT2D eigenvalue weighted by Crippen LogP contribution is -2.42. The monoisotopic (exact) mass is 567 g/mol. The number of hydrogen-bond acceptors (Lipinski definition) is 3. The molecule has 10 heteroatoms. The molecular weight excluding hydrogens is 551 g/mol. The van der Waals surface area contributed by atoms with Gasteiger partial charge in [0.2, 0.25) is 0 Å². The number of carboxylic acid groups (broad SMARTS) is 1. The van der Waals surface area contributed by atoms with E-state index < -0.39 is 23.7 Å². The number of halogens is 5. The summed E-state index contributed by atoms with van der Waals surface area (Å²) in [5, 5.41) is 13.0. The number of carbonyl (C=O) groups is 2. The summed E-state index contributed by atoms with van der Waals surface area (Å²) in [6.45, 7) is 0.509. The molecule has 0 bridgehead atoms. The van der Waals surface area contributed by atoms with Crippen LogP contribution < -0.4 is 10.1 Å². The van der Waals surface area contributed by atoms with Crippen LogP contribution in [0.1, 0.15) is 33.8 Å². The van der Waals surface area contributed by atoms with Crippen molar-refractivity contribution < 1.29 is 23.8 Å². The van der Waals surface area contributed by atoms with E-state index in [0.29, 0.717) is 35.0 Å². The van der Waals surface area contributed by atoms with Gasteiger partial charge in [-0.05, 0) is 42.2 Å². The predicted octanol–water partition coefficient (Wildman–Crippen LogP) is 7.03. The Morgan fingerprint density at radius 2 is 1.72 bits per heavy atom. The molecule has 36 heavy (non-hydrogen) atoms. The van der Waals surface area contributed by atoms with Crippen LogP contribution in [0.15, 0.2) is 42.5 Å². The molecule has 5 nitrogen and oxygen atoms in total.